The SMILES string of the molecule is CCn1cnn(CN2CCNC(=O)[C@H]2c2c(C)nn(-c3ccccc3)c2C)c1=S. The number of benzene rings is 1. The van der Waals surface area contributed by atoms with Crippen LogP contribution < -0.4 is 5.32 Å². The number of aryl methyl sites for hydroxylation is 2. The Hall–Kier alpha value is -2.78. The fourth-order valence-corrected chi connectivity index (χ4v) is 4.19. The minimum absolute atomic E-state index is 0.0171. The molecule has 0 spiro atoms. The number of para-hydroxylation sites is 1. The Labute approximate surface area is 174 Å². The Balaban J connectivity index is 1.73. The fraction of sp³-hybridized carbons (Fsp3) is 0.400. The van der Waals surface area contributed by atoms with Gasteiger partial charge in [-0.05, 0) is 45.1 Å². The maximum atomic E-state index is 12.9. The number of carbonyl (C=O) groups is 1. The van der Waals surface area contributed by atoms with E-state index in [2.05, 4.69) is 15.3 Å². The summed E-state index contributed by atoms with van der Waals surface area (Å²) >= 11 is 5.52. The van der Waals surface area contributed by atoms with E-state index in [1.807, 2.05) is 60.4 Å². The van der Waals surface area contributed by atoms with Crippen molar-refractivity contribution in [2.24, 2.45) is 0 Å². The molecule has 0 saturated carbocycles. The van der Waals surface area contributed by atoms with E-state index in [-0.39, 0.29) is 5.91 Å². The number of carbonyl (C=O) groups excluding carboxylic acids is 1. The lowest BCUT2D eigenvalue weighted by Gasteiger charge is -2.35. The molecule has 0 bridgehead atoms. The molecule has 29 heavy (non-hydrogen) atoms. The van der Waals surface area contributed by atoms with Crippen molar-refractivity contribution < 1.29 is 4.79 Å². The van der Waals surface area contributed by atoms with Crippen LogP contribution in [-0.2, 0) is 18.0 Å². The summed E-state index contributed by atoms with van der Waals surface area (Å²) in [5.74, 6) is -0.0171. The molecular weight excluding hydrogens is 386 g/mol. The van der Waals surface area contributed by atoms with E-state index in [4.69, 9.17) is 17.3 Å². The number of piperazine rings is 1. The van der Waals surface area contributed by atoms with Crippen LogP contribution in [0, 0.1) is 18.6 Å². The van der Waals surface area contributed by atoms with Crippen LogP contribution in [-0.4, -0.2) is 48.0 Å². The second-order valence-corrected chi connectivity index (χ2v) is 7.54. The van der Waals surface area contributed by atoms with Crippen molar-refractivity contribution >= 4 is 18.1 Å². The molecule has 3 heterocycles. The maximum Gasteiger partial charge on any atom is 0.242 e. The molecule has 1 aromatic carbocycles. The Kier molecular flexibility index (Phi) is 5.33. The van der Waals surface area contributed by atoms with Gasteiger partial charge in [-0.2, -0.15) is 10.2 Å². The molecule has 1 saturated heterocycles. The van der Waals surface area contributed by atoms with Gasteiger partial charge in [-0.15, -0.1) is 0 Å². The lowest BCUT2D eigenvalue weighted by molar-refractivity contribution is -0.130. The highest BCUT2D eigenvalue weighted by Crippen LogP contribution is 2.30. The highest BCUT2D eigenvalue weighted by molar-refractivity contribution is 7.71. The summed E-state index contributed by atoms with van der Waals surface area (Å²) in [6.07, 6.45) is 1.74. The van der Waals surface area contributed by atoms with E-state index in [1.165, 1.54) is 0 Å². The monoisotopic (exact) mass is 411 g/mol. The van der Waals surface area contributed by atoms with Gasteiger partial charge in [0.05, 0.1) is 18.1 Å². The molecule has 3 aromatic rings. The first kappa shape index (κ1) is 19.5. The van der Waals surface area contributed by atoms with Gasteiger partial charge < -0.3 is 9.88 Å². The first-order valence-corrected chi connectivity index (χ1v) is 10.2. The summed E-state index contributed by atoms with van der Waals surface area (Å²) < 4.78 is 6.25. The largest absolute Gasteiger partial charge is 0.353 e. The summed E-state index contributed by atoms with van der Waals surface area (Å²) in [5.41, 5.74) is 3.73. The molecule has 1 amide bonds. The molecule has 0 unspecified atom stereocenters. The summed E-state index contributed by atoms with van der Waals surface area (Å²) in [4.78, 5) is 15.1. The molecule has 0 aliphatic carbocycles. The second-order valence-electron chi connectivity index (χ2n) is 7.18. The number of hydrogen-bond donors (Lipinski definition) is 1. The normalized spacial score (nSPS) is 17.5. The predicted molar refractivity (Wildman–Crippen MR) is 112 cm³/mol. The van der Waals surface area contributed by atoms with E-state index in [0.29, 0.717) is 24.5 Å². The third kappa shape index (κ3) is 3.51. The van der Waals surface area contributed by atoms with E-state index in [1.54, 1.807) is 11.0 Å². The van der Waals surface area contributed by atoms with Crippen LogP contribution in [0.25, 0.3) is 5.69 Å². The fourth-order valence-electron chi connectivity index (χ4n) is 3.91. The molecule has 9 heteroatoms. The molecule has 2 aromatic heterocycles. The van der Waals surface area contributed by atoms with Crippen LogP contribution >= 0.6 is 12.2 Å². The Bertz CT molecular complexity index is 1080. The average molecular weight is 412 g/mol. The number of rotatable bonds is 5. The molecule has 0 radical (unpaired) electrons. The Morgan fingerprint density at radius 3 is 2.69 bits per heavy atom. The van der Waals surface area contributed by atoms with Crippen LogP contribution in [0.5, 0.6) is 0 Å². The third-order valence-electron chi connectivity index (χ3n) is 5.39. The Morgan fingerprint density at radius 1 is 1.24 bits per heavy atom. The van der Waals surface area contributed by atoms with Gasteiger partial charge in [0.1, 0.15) is 12.4 Å². The molecule has 4 rings (SSSR count). The van der Waals surface area contributed by atoms with Gasteiger partial charge in [0.25, 0.3) is 0 Å². The third-order valence-corrected chi connectivity index (χ3v) is 5.83. The van der Waals surface area contributed by atoms with Crippen LogP contribution in [0.15, 0.2) is 36.7 Å². The van der Waals surface area contributed by atoms with Gasteiger partial charge in [-0.3, -0.25) is 9.69 Å². The van der Waals surface area contributed by atoms with Gasteiger partial charge >= 0.3 is 0 Å². The van der Waals surface area contributed by atoms with Gasteiger partial charge in [0.2, 0.25) is 5.91 Å². The summed E-state index contributed by atoms with van der Waals surface area (Å²) in [7, 11) is 0. The van der Waals surface area contributed by atoms with Crippen molar-refractivity contribution in [3.8, 4) is 5.69 Å². The molecule has 152 valence electrons. The van der Waals surface area contributed by atoms with Crippen molar-refractivity contribution in [3.05, 3.63) is 58.4 Å². The number of aromatic nitrogens is 5. The molecule has 1 N–H and O–H groups in total. The quantitative estimate of drug-likeness (QED) is 0.653. The lowest BCUT2D eigenvalue weighted by atomic mass is 10.0. The molecule has 1 aliphatic heterocycles. The van der Waals surface area contributed by atoms with E-state index < -0.39 is 6.04 Å². The number of nitrogens with zero attached hydrogens (tertiary/aromatic N) is 6. The minimum Gasteiger partial charge on any atom is -0.353 e. The van der Waals surface area contributed by atoms with Crippen molar-refractivity contribution in [1.29, 1.82) is 0 Å². The van der Waals surface area contributed by atoms with Gasteiger partial charge in [0, 0.05) is 30.9 Å². The molecule has 1 atom stereocenters. The van der Waals surface area contributed by atoms with Crippen LogP contribution in [0.1, 0.15) is 29.9 Å². The first-order valence-electron chi connectivity index (χ1n) is 9.76. The van der Waals surface area contributed by atoms with E-state index in [0.717, 1.165) is 29.2 Å². The summed E-state index contributed by atoms with van der Waals surface area (Å²) in [6, 6.07) is 9.53. The zero-order chi connectivity index (χ0) is 20.5. The number of amides is 1. The highest BCUT2D eigenvalue weighted by atomic mass is 32.1. The molecule has 1 aliphatic rings. The van der Waals surface area contributed by atoms with E-state index >= 15 is 0 Å². The van der Waals surface area contributed by atoms with Gasteiger partial charge in [-0.25, -0.2) is 9.36 Å². The molecular formula is C20H25N7OS. The van der Waals surface area contributed by atoms with Crippen molar-refractivity contribution in [1.82, 2.24) is 34.3 Å². The average Bonchev–Trinajstić information content (AvgIpc) is 3.22. The van der Waals surface area contributed by atoms with Gasteiger partial charge in [0.15, 0.2) is 4.77 Å². The van der Waals surface area contributed by atoms with Crippen molar-refractivity contribution in [3.63, 3.8) is 0 Å². The second kappa shape index (κ2) is 7.92. The summed E-state index contributed by atoms with van der Waals surface area (Å²) in [5, 5.41) is 12.1. The Morgan fingerprint density at radius 2 is 2.00 bits per heavy atom. The minimum atomic E-state index is -0.435. The predicted octanol–water partition coefficient (Wildman–Crippen LogP) is 2.37. The standard InChI is InChI=1S/C20H25N7OS/c1-4-24-12-22-26(20(24)29)13-25-11-10-21-19(28)18(25)17-14(2)23-27(15(17)3)16-8-6-5-7-9-16/h5-9,12,18H,4,10-11,13H2,1-3H3,(H,21,28)/t18-/m1/s1. The highest BCUT2D eigenvalue weighted by Gasteiger charge is 2.35. The van der Waals surface area contributed by atoms with E-state index in [9.17, 15) is 4.79 Å². The lowest BCUT2D eigenvalue weighted by Crippen LogP contribution is -2.50. The molecule has 8 nitrogen and oxygen atoms in total. The maximum absolute atomic E-state index is 12.9. The van der Waals surface area contributed by atoms with Crippen molar-refractivity contribution in [2.75, 3.05) is 13.1 Å². The van der Waals surface area contributed by atoms with Crippen LogP contribution in [0.4, 0.5) is 0 Å². The first-order chi connectivity index (χ1) is 14.0. The van der Waals surface area contributed by atoms with Gasteiger partial charge in [-0.1, -0.05) is 18.2 Å². The molecule has 1 fully saturated rings. The zero-order valence-electron chi connectivity index (χ0n) is 16.9. The zero-order valence-corrected chi connectivity index (χ0v) is 17.7. The van der Waals surface area contributed by atoms with Crippen LogP contribution in [0.3, 0.4) is 0 Å². The number of hydrogen-bond acceptors (Lipinski definition) is 5. The van der Waals surface area contributed by atoms with Crippen LogP contribution in [0.2, 0.25) is 0 Å². The summed E-state index contributed by atoms with van der Waals surface area (Å²) in [6.45, 7) is 8.54. The smallest absolute Gasteiger partial charge is 0.242 e. The topological polar surface area (TPSA) is 72.9 Å². The van der Waals surface area contributed by atoms with Crippen molar-refractivity contribution in [2.45, 2.75) is 40.0 Å². The number of nitrogens with one attached hydrogen (secondary N) is 1.